The molecule has 0 atom stereocenters. The van der Waals surface area contributed by atoms with Gasteiger partial charge in [-0.15, -0.1) is 83.4 Å². The van der Waals surface area contributed by atoms with Gasteiger partial charge in [-0.1, -0.05) is 240 Å². The van der Waals surface area contributed by atoms with Crippen LogP contribution in [0.3, 0.4) is 0 Å². The van der Waals surface area contributed by atoms with E-state index in [0.717, 1.165) is 48.7 Å². The molecule has 0 amide bonds. The molecule has 9 aromatic carbocycles. The first-order chi connectivity index (χ1) is 45.0. The van der Waals surface area contributed by atoms with E-state index < -0.39 is 26.7 Å². The number of benzene rings is 9. The van der Waals surface area contributed by atoms with Crippen LogP contribution in [0.2, 0.25) is 19.6 Å². The van der Waals surface area contributed by atoms with E-state index in [4.69, 9.17) is 6.85 Å². The van der Waals surface area contributed by atoms with Gasteiger partial charge in [0.25, 0.3) is 0 Å². The van der Waals surface area contributed by atoms with Crippen molar-refractivity contribution in [3.8, 4) is 78.3 Å². The minimum atomic E-state index is -1.50. The monoisotopic (exact) mass is 1400 g/mol. The fourth-order valence-electron chi connectivity index (χ4n) is 11.3. The van der Waals surface area contributed by atoms with E-state index in [2.05, 4.69) is 204 Å². The number of rotatable bonds is 13. The molecule has 0 spiro atoms. The molecule has 0 fully saturated rings. The number of thiophene rings is 2. The number of fused-ring (bicyclic) bond motifs is 6. The third kappa shape index (κ3) is 14.5. The fourth-order valence-corrected chi connectivity index (χ4v) is 15.4. The number of hydrogen-bond donors (Lipinski definition) is 0. The Morgan fingerprint density at radius 2 is 0.844 bits per heavy atom. The fraction of sp³-hybridized carbons (Fsp3) is 0.169. The zero-order chi connectivity index (χ0) is 66.1. The van der Waals surface area contributed by atoms with Gasteiger partial charge in [-0.05, 0) is 142 Å². The second-order valence-electron chi connectivity index (χ2n) is 24.3. The molecule has 90 heavy (non-hydrogen) atoms. The maximum atomic E-state index is 8.53. The second-order valence-corrected chi connectivity index (χ2v) is 31.4. The topological polar surface area (TPSA) is 38.7 Å². The summed E-state index contributed by atoms with van der Waals surface area (Å²) in [6, 6.07) is 87.1. The first-order valence-electron chi connectivity index (χ1n) is 33.0. The van der Waals surface area contributed by atoms with Crippen LogP contribution in [0.25, 0.3) is 119 Å². The van der Waals surface area contributed by atoms with Crippen molar-refractivity contribution in [3.05, 3.63) is 278 Å². The maximum absolute atomic E-state index is 8.53. The molecule has 14 aromatic rings. The zero-order valence-corrected chi connectivity index (χ0v) is 57.3. The molecular weight excluding hydrogens is 1320 g/mol. The summed E-state index contributed by atoms with van der Waals surface area (Å²) in [7, 11) is -1.50. The summed E-state index contributed by atoms with van der Waals surface area (Å²) in [4.78, 5) is 13.8. The van der Waals surface area contributed by atoms with Gasteiger partial charge in [0.1, 0.15) is 0 Å². The summed E-state index contributed by atoms with van der Waals surface area (Å²) in [5.74, 6) is -0.874. The zero-order valence-electron chi connectivity index (χ0n) is 57.2. The van der Waals surface area contributed by atoms with Gasteiger partial charge in [-0.25, -0.2) is 0 Å². The average molecular weight is 1400 g/mol. The first-order valence-corrected chi connectivity index (χ1v) is 35.6. The van der Waals surface area contributed by atoms with Crippen molar-refractivity contribution in [2.24, 2.45) is 11.8 Å². The van der Waals surface area contributed by atoms with Gasteiger partial charge < -0.3 is 15.0 Å². The van der Waals surface area contributed by atoms with Crippen LogP contribution in [0.4, 0.5) is 0 Å². The van der Waals surface area contributed by atoms with Crippen LogP contribution >= 0.6 is 22.7 Å². The van der Waals surface area contributed by atoms with Gasteiger partial charge in [0, 0.05) is 34.8 Å². The molecule has 3 nitrogen and oxygen atoms in total. The van der Waals surface area contributed by atoms with Crippen LogP contribution in [0.5, 0.6) is 0 Å². The number of pyridine rings is 3. The Bertz CT molecular complexity index is 4720. The van der Waals surface area contributed by atoms with Gasteiger partial charge in [0.15, 0.2) is 0 Å². The maximum Gasteiger partial charge on any atom is 3.00 e. The summed E-state index contributed by atoms with van der Waals surface area (Å²) < 4.78 is 47.3. The first kappa shape index (κ1) is 56.9. The van der Waals surface area contributed by atoms with Crippen LogP contribution in [0.1, 0.15) is 71.0 Å². The van der Waals surface area contributed by atoms with E-state index in [1.54, 1.807) is 47.2 Å². The molecule has 0 saturated carbocycles. The molecule has 0 unspecified atom stereocenters. The van der Waals surface area contributed by atoms with Gasteiger partial charge >= 0.3 is 20.1 Å². The Morgan fingerprint density at radius 1 is 0.422 bits per heavy atom. The molecule has 0 bridgehead atoms. The Kier molecular flexibility index (Phi) is 17.9. The van der Waals surface area contributed by atoms with Crippen molar-refractivity contribution in [2.45, 2.75) is 79.8 Å². The van der Waals surface area contributed by atoms with Crippen LogP contribution < -0.4 is 5.19 Å². The summed E-state index contributed by atoms with van der Waals surface area (Å²) >= 11 is 3.49. The van der Waals surface area contributed by atoms with Crippen LogP contribution in [-0.4, -0.2) is 23.0 Å². The van der Waals surface area contributed by atoms with Crippen molar-refractivity contribution in [3.63, 3.8) is 0 Å². The second kappa shape index (κ2) is 28.3. The van der Waals surface area contributed by atoms with E-state index >= 15 is 0 Å². The predicted octanol–water partition coefficient (Wildman–Crippen LogP) is 23.1. The molecule has 0 aliphatic carbocycles. The van der Waals surface area contributed by atoms with Crippen molar-refractivity contribution in [1.29, 1.82) is 0 Å². The summed E-state index contributed by atoms with van der Waals surface area (Å²) in [5.41, 5.74) is 17.3. The van der Waals surface area contributed by atoms with Crippen molar-refractivity contribution in [2.75, 3.05) is 0 Å². The van der Waals surface area contributed by atoms with Crippen molar-refractivity contribution in [1.82, 2.24) is 15.0 Å². The van der Waals surface area contributed by atoms with Gasteiger partial charge in [0.2, 0.25) is 0 Å². The molecule has 0 aliphatic heterocycles. The predicted molar refractivity (Wildman–Crippen MR) is 387 cm³/mol. The molecule has 14 rings (SSSR count). The molecular formula is C83H74IrN3S2Si. The van der Waals surface area contributed by atoms with E-state index in [9.17, 15) is 0 Å². The summed E-state index contributed by atoms with van der Waals surface area (Å²) in [5, 5.41) is 6.07. The summed E-state index contributed by atoms with van der Waals surface area (Å²) in [6.45, 7) is 18.4. The minimum Gasteiger partial charge on any atom is -0.305 e. The Balaban J connectivity index is 0.000000151. The van der Waals surface area contributed by atoms with E-state index in [-0.39, 0.29) is 31.9 Å². The SMILES string of the molecule is [2H]C(C)(C)c1cc(-c2[c-]cccc2)ncc1[Si](C)(C)C.[2H]C([2H])(c1ccnc(-c2[c-]ccc3c2sc2cc(-c4ccc(-c5ccccc5)cc4)ccc23)c1)C(C)C.[2H]C([2H])(c1ccnc(-c2[c-]ccc3c2sc2cc(-c4ccc(-c5ccccc5)cc4)ccc23)c1)C(C)C.[Ir+3]. The van der Waals surface area contributed by atoms with Crippen LogP contribution in [-0.2, 0) is 32.9 Å². The third-order valence-corrected chi connectivity index (χ3v) is 20.1. The molecule has 0 saturated heterocycles. The quantitative estimate of drug-likeness (QED) is 0.0853. The Morgan fingerprint density at radius 3 is 1.26 bits per heavy atom. The number of nitrogens with zero attached hydrogens (tertiary/aromatic N) is 3. The molecule has 5 aromatic heterocycles. The van der Waals surface area contributed by atoms with E-state index in [1.807, 2.05) is 108 Å². The van der Waals surface area contributed by atoms with Crippen LogP contribution in [0.15, 0.2) is 243 Å². The van der Waals surface area contributed by atoms with E-state index in [0.29, 0.717) is 11.1 Å². The number of hydrogen-bond acceptors (Lipinski definition) is 5. The standard InChI is InChI=1S/2C33H26NS.C17H22NSi.Ir/c2*1-22(2)19-23-17-18-34-31(20-23)30-10-6-9-29-28-16-15-27(21-32(28)35-33(29)30)26-13-11-25(12-14-26)24-7-4-3-5-8-24;1-13(2)15-11-16(14-9-7-6-8-10-14)18-12-17(15)19(3,4)5;/h2*3-9,11-18,20-22H,19H2,1-2H3;6-9,11-13H,1-5H3;/q3*-1;+3/i2*19D2;13D;. The molecule has 0 radical (unpaired) electrons. The molecule has 446 valence electrons. The molecule has 0 aliphatic rings. The van der Waals surface area contributed by atoms with Gasteiger partial charge in [-0.2, -0.15) is 22.7 Å². The third-order valence-electron chi connectivity index (χ3n) is 15.7. The summed E-state index contributed by atoms with van der Waals surface area (Å²) in [6.07, 6.45) is 2.56. The Hall–Kier alpha value is -8.26. The largest absolute Gasteiger partial charge is 3.00 e. The molecule has 5 heterocycles. The average Bonchev–Trinajstić information content (AvgIpc) is 1.62. The normalized spacial score (nSPS) is 12.7. The van der Waals surface area contributed by atoms with E-state index in [1.165, 1.54) is 80.6 Å². The van der Waals surface area contributed by atoms with Crippen molar-refractivity contribution < 1.29 is 27.0 Å². The van der Waals surface area contributed by atoms with Gasteiger partial charge in [-0.3, -0.25) is 0 Å². The molecule has 7 heteroatoms. The van der Waals surface area contributed by atoms with Crippen molar-refractivity contribution >= 4 is 76.3 Å². The minimum absolute atomic E-state index is 0. The molecule has 0 N–H and O–H groups in total. The van der Waals surface area contributed by atoms with Crippen LogP contribution in [0, 0.1) is 30.0 Å². The Labute approximate surface area is 562 Å². The number of aromatic nitrogens is 3. The smallest absolute Gasteiger partial charge is 0.305 e. The van der Waals surface area contributed by atoms with Gasteiger partial charge in [0.05, 0.1) is 8.07 Å².